The van der Waals surface area contributed by atoms with Gasteiger partial charge in [-0.25, -0.2) is 5.11 Å². The molecule has 0 amide bonds. The number of hydrogen-bond acceptors (Lipinski definition) is 1. The van der Waals surface area contributed by atoms with Crippen LogP contribution in [0.2, 0.25) is 0 Å². The van der Waals surface area contributed by atoms with Crippen molar-refractivity contribution in [3.8, 4) is 0 Å². The molecule has 12 heavy (non-hydrogen) atoms. The molecule has 1 aromatic carbocycles. The molecule has 0 bridgehead atoms. The van der Waals surface area contributed by atoms with Gasteiger partial charge in [0.25, 0.3) is 0 Å². The van der Waals surface area contributed by atoms with Crippen LogP contribution in [0.3, 0.4) is 0 Å². The van der Waals surface area contributed by atoms with Gasteiger partial charge in [0.05, 0.1) is 5.60 Å². The Bertz CT molecular complexity index is 261. The van der Waals surface area contributed by atoms with Crippen LogP contribution in [0.4, 0.5) is 0 Å². The van der Waals surface area contributed by atoms with Gasteiger partial charge in [-0.05, 0) is 25.0 Å². The van der Waals surface area contributed by atoms with E-state index in [9.17, 15) is 10.2 Å². The first-order valence-electron chi connectivity index (χ1n) is 3.94. The maximum Gasteiger partial charge on any atom is 0.107 e. The molecule has 2 nitrogen and oxygen atoms in total. The van der Waals surface area contributed by atoms with Gasteiger partial charge in [-0.15, -0.1) is 0 Å². The molecule has 1 radical (unpaired) electrons. The molecule has 0 aliphatic carbocycles. The van der Waals surface area contributed by atoms with E-state index < -0.39 is 5.60 Å². The third-order valence-electron chi connectivity index (χ3n) is 1.80. The van der Waals surface area contributed by atoms with E-state index in [-0.39, 0.29) is 6.61 Å². The molecule has 0 aromatic heterocycles. The van der Waals surface area contributed by atoms with Crippen molar-refractivity contribution >= 4 is 0 Å². The van der Waals surface area contributed by atoms with Crippen molar-refractivity contribution in [2.75, 3.05) is 0 Å². The minimum Gasteiger partial charge on any atom is -0.386 e. The molecule has 0 aliphatic rings. The van der Waals surface area contributed by atoms with Crippen molar-refractivity contribution in [1.82, 2.24) is 0 Å². The summed E-state index contributed by atoms with van der Waals surface area (Å²) in [5.74, 6) is 0. The Hall–Kier alpha value is -0.860. The molecule has 1 N–H and O–H groups in total. The Labute approximate surface area is 72.5 Å². The maximum absolute atomic E-state index is 10.5. The van der Waals surface area contributed by atoms with Crippen LogP contribution in [-0.2, 0) is 17.3 Å². The highest BCUT2D eigenvalue weighted by atomic mass is 16.3. The fourth-order valence-electron chi connectivity index (χ4n) is 1.04. The first-order valence-corrected chi connectivity index (χ1v) is 3.94. The van der Waals surface area contributed by atoms with Gasteiger partial charge < -0.3 is 5.11 Å². The van der Waals surface area contributed by atoms with Crippen LogP contribution in [0.1, 0.15) is 25.0 Å². The van der Waals surface area contributed by atoms with Gasteiger partial charge in [-0.3, -0.25) is 0 Å². The fraction of sp³-hybridized carbons (Fsp3) is 0.400. The van der Waals surface area contributed by atoms with E-state index in [2.05, 4.69) is 0 Å². The molecular formula is C10H13O2. The summed E-state index contributed by atoms with van der Waals surface area (Å²) < 4.78 is 0. The van der Waals surface area contributed by atoms with Gasteiger partial charge in [-0.2, -0.15) is 0 Å². The topological polar surface area (TPSA) is 40.1 Å². The van der Waals surface area contributed by atoms with E-state index in [1.54, 1.807) is 32.0 Å². The molecule has 0 aliphatic heterocycles. The summed E-state index contributed by atoms with van der Waals surface area (Å²) in [5, 5.41) is 20.1. The van der Waals surface area contributed by atoms with E-state index in [0.29, 0.717) is 0 Å². The lowest BCUT2D eigenvalue weighted by Crippen LogP contribution is -2.15. The summed E-state index contributed by atoms with van der Waals surface area (Å²) in [7, 11) is 0. The highest BCUT2D eigenvalue weighted by Crippen LogP contribution is 2.20. The van der Waals surface area contributed by atoms with E-state index in [1.807, 2.05) is 6.07 Å². The standard InChI is InChI=1S/C10H13O2/c1-10(2,12)9-5-3-4-8(6-9)7-11/h3-6,12H,7H2,1-2H3. The lowest BCUT2D eigenvalue weighted by atomic mass is 9.97. The molecule has 0 unspecified atom stereocenters. The molecule has 2 heteroatoms. The first-order chi connectivity index (χ1) is 5.54. The average Bonchev–Trinajstić information content (AvgIpc) is 2.03. The van der Waals surface area contributed by atoms with Crippen molar-refractivity contribution in [2.24, 2.45) is 0 Å². The van der Waals surface area contributed by atoms with E-state index in [4.69, 9.17) is 0 Å². The average molecular weight is 165 g/mol. The van der Waals surface area contributed by atoms with Crippen LogP contribution < -0.4 is 0 Å². The molecule has 1 rings (SSSR count). The Morgan fingerprint density at radius 1 is 1.42 bits per heavy atom. The largest absolute Gasteiger partial charge is 0.386 e. The minimum absolute atomic E-state index is 0.232. The zero-order chi connectivity index (χ0) is 9.19. The van der Waals surface area contributed by atoms with E-state index in [1.165, 1.54) is 0 Å². The summed E-state index contributed by atoms with van der Waals surface area (Å²) in [4.78, 5) is 0. The zero-order valence-corrected chi connectivity index (χ0v) is 7.37. The van der Waals surface area contributed by atoms with Gasteiger partial charge in [-0.1, -0.05) is 24.3 Å². The molecule has 0 fully saturated rings. The molecule has 0 atom stereocenters. The van der Waals surface area contributed by atoms with Gasteiger partial charge in [0, 0.05) is 0 Å². The van der Waals surface area contributed by atoms with Crippen molar-refractivity contribution in [2.45, 2.75) is 26.1 Å². The van der Waals surface area contributed by atoms with Crippen molar-refractivity contribution < 1.29 is 10.2 Å². The number of hydrogen-bond donors (Lipinski definition) is 1. The van der Waals surface area contributed by atoms with Crippen LogP contribution in [0, 0.1) is 0 Å². The second kappa shape index (κ2) is 3.25. The molecule has 0 spiro atoms. The monoisotopic (exact) mass is 165 g/mol. The van der Waals surface area contributed by atoms with Crippen LogP contribution in [-0.4, -0.2) is 5.11 Å². The van der Waals surface area contributed by atoms with Gasteiger partial charge in [0.1, 0.15) is 6.61 Å². The SMILES string of the molecule is CC(C)(O)c1cccc(C[O])c1. The minimum atomic E-state index is -0.856. The highest BCUT2D eigenvalue weighted by Gasteiger charge is 2.15. The number of benzene rings is 1. The van der Waals surface area contributed by atoms with Gasteiger partial charge in [0.15, 0.2) is 0 Å². The summed E-state index contributed by atoms with van der Waals surface area (Å²) in [6.45, 7) is 3.18. The van der Waals surface area contributed by atoms with E-state index in [0.717, 1.165) is 11.1 Å². The first kappa shape index (κ1) is 9.23. The molecule has 65 valence electrons. The molecule has 0 saturated heterocycles. The third kappa shape index (κ3) is 2.06. The predicted octanol–water partition coefficient (Wildman–Crippen LogP) is 1.84. The Kier molecular flexibility index (Phi) is 2.50. The van der Waals surface area contributed by atoms with Crippen LogP contribution in [0.25, 0.3) is 0 Å². The quantitative estimate of drug-likeness (QED) is 0.713. The molecule has 0 saturated carbocycles. The summed E-state index contributed by atoms with van der Waals surface area (Å²) >= 11 is 0. The maximum atomic E-state index is 10.5. The summed E-state index contributed by atoms with van der Waals surface area (Å²) in [6, 6.07) is 7.12. The smallest absolute Gasteiger partial charge is 0.107 e. The van der Waals surface area contributed by atoms with Crippen molar-refractivity contribution in [3.63, 3.8) is 0 Å². The predicted molar refractivity (Wildman–Crippen MR) is 46.1 cm³/mol. The van der Waals surface area contributed by atoms with Crippen LogP contribution >= 0.6 is 0 Å². The summed E-state index contributed by atoms with van der Waals surface area (Å²) in [5.41, 5.74) is 0.649. The van der Waals surface area contributed by atoms with E-state index >= 15 is 0 Å². The molecule has 0 heterocycles. The van der Waals surface area contributed by atoms with Crippen molar-refractivity contribution in [1.29, 1.82) is 0 Å². The van der Waals surface area contributed by atoms with Crippen molar-refractivity contribution in [3.05, 3.63) is 35.4 Å². The molecule has 1 aromatic rings. The summed E-state index contributed by atoms with van der Waals surface area (Å²) in [6.07, 6.45) is 0. The Morgan fingerprint density at radius 2 is 2.08 bits per heavy atom. The third-order valence-corrected chi connectivity index (χ3v) is 1.80. The highest BCUT2D eigenvalue weighted by molar-refractivity contribution is 5.26. The Balaban J connectivity index is 3.02. The second-order valence-corrected chi connectivity index (χ2v) is 3.40. The van der Waals surface area contributed by atoms with Crippen LogP contribution in [0.15, 0.2) is 24.3 Å². The lowest BCUT2D eigenvalue weighted by Gasteiger charge is -2.17. The lowest BCUT2D eigenvalue weighted by molar-refractivity contribution is 0.0782. The second-order valence-electron chi connectivity index (χ2n) is 3.40. The fourth-order valence-corrected chi connectivity index (χ4v) is 1.04. The van der Waals surface area contributed by atoms with Crippen LogP contribution in [0.5, 0.6) is 0 Å². The Morgan fingerprint density at radius 3 is 2.58 bits per heavy atom. The number of rotatable bonds is 2. The zero-order valence-electron chi connectivity index (χ0n) is 7.37. The molecular weight excluding hydrogens is 152 g/mol. The normalized spacial score (nSPS) is 11.7. The van der Waals surface area contributed by atoms with Gasteiger partial charge >= 0.3 is 0 Å². The van der Waals surface area contributed by atoms with Gasteiger partial charge in [0.2, 0.25) is 0 Å². The number of aliphatic hydroxyl groups is 1.